The normalized spacial score (nSPS) is 13.3. The minimum absolute atomic E-state index is 0.0169. The topological polar surface area (TPSA) is 60.8 Å². The molecule has 2 unspecified atom stereocenters. The van der Waals surface area contributed by atoms with Gasteiger partial charge in [0.2, 0.25) is 5.91 Å². The summed E-state index contributed by atoms with van der Waals surface area (Å²) in [5.41, 5.74) is 1.61. The molecule has 0 saturated heterocycles. The molecule has 5 heteroatoms. The van der Waals surface area contributed by atoms with E-state index in [0.29, 0.717) is 17.0 Å². The molecule has 128 valence electrons. The molecule has 0 aliphatic heterocycles. The molecule has 2 aromatic carbocycles. The van der Waals surface area contributed by atoms with E-state index < -0.39 is 6.10 Å². The summed E-state index contributed by atoms with van der Waals surface area (Å²) in [6, 6.07) is 16.2. The zero-order valence-electron chi connectivity index (χ0n) is 13.6. The van der Waals surface area contributed by atoms with Crippen LogP contribution < -0.4 is 0 Å². The third kappa shape index (κ3) is 4.81. The summed E-state index contributed by atoms with van der Waals surface area (Å²) in [5.74, 6) is -0.181. The summed E-state index contributed by atoms with van der Waals surface area (Å²) in [6.45, 7) is -0.0169. The highest BCUT2D eigenvalue weighted by Crippen LogP contribution is 2.26. The molecule has 1 amide bonds. The number of aliphatic hydroxyl groups is 2. The maximum Gasteiger partial charge on any atom is 0.225 e. The van der Waals surface area contributed by atoms with Gasteiger partial charge in [-0.1, -0.05) is 54.1 Å². The first-order valence-corrected chi connectivity index (χ1v) is 8.25. The highest BCUT2D eigenvalue weighted by molar-refractivity contribution is 6.30. The lowest BCUT2D eigenvalue weighted by molar-refractivity contribution is -0.134. The van der Waals surface area contributed by atoms with Crippen molar-refractivity contribution in [2.45, 2.75) is 25.0 Å². The van der Waals surface area contributed by atoms with Gasteiger partial charge in [0.25, 0.3) is 0 Å². The van der Waals surface area contributed by atoms with Gasteiger partial charge >= 0.3 is 0 Å². The second kappa shape index (κ2) is 8.83. The third-order valence-corrected chi connectivity index (χ3v) is 4.32. The Morgan fingerprint density at radius 2 is 1.71 bits per heavy atom. The molecular formula is C19H22ClNO3. The van der Waals surface area contributed by atoms with Crippen LogP contribution in [0.4, 0.5) is 0 Å². The van der Waals surface area contributed by atoms with Gasteiger partial charge in [0.15, 0.2) is 0 Å². The minimum atomic E-state index is -0.886. The average molecular weight is 348 g/mol. The van der Waals surface area contributed by atoms with Crippen LogP contribution in [0.1, 0.15) is 36.1 Å². The maximum absolute atomic E-state index is 12.5. The number of amides is 1. The molecule has 24 heavy (non-hydrogen) atoms. The van der Waals surface area contributed by atoms with Crippen LogP contribution in [0.5, 0.6) is 0 Å². The van der Waals surface area contributed by atoms with Gasteiger partial charge in [0.05, 0.1) is 18.6 Å². The Morgan fingerprint density at radius 3 is 2.29 bits per heavy atom. The van der Waals surface area contributed by atoms with Gasteiger partial charge in [0, 0.05) is 18.7 Å². The third-order valence-electron chi connectivity index (χ3n) is 4.07. The van der Waals surface area contributed by atoms with Crippen molar-refractivity contribution in [2.24, 2.45) is 0 Å². The lowest BCUT2D eigenvalue weighted by Gasteiger charge is -2.29. The van der Waals surface area contributed by atoms with E-state index in [4.69, 9.17) is 11.6 Å². The molecule has 0 saturated carbocycles. The smallest absolute Gasteiger partial charge is 0.225 e. The Kier molecular flexibility index (Phi) is 6.79. The van der Waals surface area contributed by atoms with Crippen LogP contribution in [0, 0.1) is 0 Å². The summed E-state index contributed by atoms with van der Waals surface area (Å²) >= 11 is 5.84. The van der Waals surface area contributed by atoms with Crippen molar-refractivity contribution in [1.82, 2.24) is 4.90 Å². The lowest BCUT2D eigenvalue weighted by Crippen LogP contribution is -2.32. The largest absolute Gasteiger partial charge is 0.396 e. The summed E-state index contributed by atoms with van der Waals surface area (Å²) < 4.78 is 0. The lowest BCUT2D eigenvalue weighted by atomic mass is 10.0. The predicted molar refractivity (Wildman–Crippen MR) is 94.7 cm³/mol. The van der Waals surface area contributed by atoms with E-state index in [1.165, 1.54) is 0 Å². The molecule has 0 radical (unpaired) electrons. The van der Waals surface area contributed by atoms with Crippen molar-refractivity contribution in [1.29, 1.82) is 0 Å². The molecule has 0 spiro atoms. The Bertz CT molecular complexity index is 645. The summed E-state index contributed by atoms with van der Waals surface area (Å²) in [7, 11) is 1.70. The van der Waals surface area contributed by atoms with Gasteiger partial charge < -0.3 is 15.1 Å². The van der Waals surface area contributed by atoms with Gasteiger partial charge in [-0.05, 0) is 29.7 Å². The van der Waals surface area contributed by atoms with Crippen molar-refractivity contribution in [3.63, 3.8) is 0 Å². The highest BCUT2D eigenvalue weighted by atomic mass is 35.5. The van der Waals surface area contributed by atoms with Crippen LogP contribution in [0.15, 0.2) is 54.6 Å². The number of benzene rings is 2. The van der Waals surface area contributed by atoms with E-state index >= 15 is 0 Å². The van der Waals surface area contributed by atoms with E-state index in [2.05, 4.69) is 0 Å². The second-order valence-electron chi connectivity index (χ2n) is 5.71. The number of hydrogen-bond donors (Lipinski definition) is 2. The zero-order chi connectivity index (χ0) is 17.5. The number of aliphatic hydroxyl groups excluding tert-OH is 2. The number of nitrogens with zero attached hydrogens (tertiary/aromatic N) is 1. The quantitative estimate of drug-likeness (QED) is 0.807. The van der Waals surface area contributed by atoms with E-state index in [1.54, 1.807) is 36.2 Å². The standard InChI is InChI=1S/C19H22ClNO3/c1-21(17(11-12-22)14-5-3-2-4-6-14)19(24)13-18(23)15-7-9-16(20)10-8-15/h2-10,17-18,22-23H,11-13H2,1H3. The Hall–Kier alpha value is -1.88. The summed E-state index contributed by atoms with van der Waals surface area (Å²) in [4.78, 5) is 14.1. The molecule has 2 rings (SSSR count). The fourth-order valence-electron chi connectivity index (χ4n) is 2.67. The average Bonchev–Trinajstić information content (AvgIpc) is 2.60. The number of carbonyl (C=O) groups is 1. The van der Waals surface area contributed by atoms with Gasteiger partial charge in [0.1, 0.15) is 0 Å². The first kappa shape index (κ1) is 18.5. The highest BCUT2D eigenvalue weighted by Gasteiger charge is 2.23. The van der Waals surface area contributed by atoms with Crippen LogP contribution in [0.25, 0.3) is 0 Å². The van der Waals surface area contributed by atoms with Gasteiger partial charge in [-0.2, -0.15) is 0 Å². The molecule has 0 aliphatic carbocycles. The minimum Gasteiger partial charge on any atom is -0.396 e. The van der Waals surface area contributed by atoms with Crippen molar-refractivity contribution in [3.8, 4) is 0 Å². The SMILES string of the molecule is CN(C(=O)CC(O)c1ccc(Cl)cc1)C(CCO)c1ccccc1. The van der Waals surface area contributed by atoms with Crippen LogP contribution >= 0.6 is 11.6 Å². The molecule has 2 aromatic rings. The Labute approximate surface area is 147 Å². The molecule has 0 heterocycles. The first-order chi connectivity index (χ1) is 11.5. The predicted octanol–water partition coefficient (Wildman–Crippen LogP) is 3.35. The van der Waals surface area contributed by atoms with E-state index in [9.17, 15) is 15.0 Å². The number of halogens is 1. The molecule has 2 N–H and O–H groups in total. The van der Waals surface area contributed by atoms with Crippen molar-refractivity contribution in [3.05, 3.63) is 70.7 Å². The fraction of sp³-hybridized carbons (Fsp3) is 0.316. The van der Waals surface area contributed by atoms with Gasteiger partial charge in [-0.15, -0.1) is 0 Å². The fourth-order valence-corrected chi connectivity index (χ4v) is 2.79. The summed E-state index contributed by atoms with van der Waals surface area (Å²) in [6.07, 6.45) is -0.460. The second-order valence-corrected chi connectivity index (χ2v) is 6.15. The van der Waals surface area contributed by atoms with Gasteiger partial charge in [-0.3, -0.25) is 4.79 Å². The molecule has 0 bridgehead atoms. The number of rotatable bonds is 7. The van der Waals surface area contributed by atoms with E-state index in [-0.39, 0.29) is 25.0 Å². The van der Waals surface area contributed by atoms with Crippen LogP contribution in [0.3, 0.4) is 0 Å². The van der Waals surface area contributed by atoms with Crippen LogP contribution in [-0.4, -0.2) is 34.7 Å². The molecular weight excluding hydrogens is 326 g/mol. The van der Waals surface area contributed by atoms with Crippen molar-refractivity contribution >= 4 is 17.5 Å². The molecule has 4 nitrogen and oxygen atoms in total. The van der Waals surface area contributed by atoms with E-state index in [1.807, 2.05) is 30.3 Å². The van der Waals surface area contributed by atoms with Crippen molar-refractivity contribution in [2.75, 3.05) is 13.7 Å². The monoisotopic (exact) mass is 347 g/mol. The maximum atomic E-state index is 12.5. The molecule has 0 aromatic heterocycles. The van der Waals surface area contributed by atoms with E-state index in [0.717, 1.165) is 5.56 Å². The van der Waals surface area contributed by atoms with Crippen LogP contribution in [-0.2, 0) is 4.79 Å². The molecule has 2 atom stereocenters. The summed E-state index contributed by atoms with van der Waals surface area (Å²) in [5, 5.41) is 20.2. The number of hydrogen-bond acceptors (Lipinski definition) is 3. The first-order valence-electron chi connectivity index (χ1n) is 7.88. The molecule has 0 fully saturated rings. The van der Waals surface area contributed by atoms with Crippen LogP contribution in [0.2, 0.25) is 5.02 Å². The Balaban J connectivity index is 2.07. The number of carbonyl (C=O) groups excluding carboxylic acids is 1. The van der Waals surface area contributed by atoms with Gasteiger partial charge in [-0.25, -0.2) is 0 Å². The molecule has 0 aliphatic rings. The zero-order valence-corrected chi connectivity index (χ0v) is 14.4. The Morgan fingerprint density at radius 1 is 1.08 bits per heavy atom. The van der Waals surface area contributed by atoms with Crippen molar-refractivity contribution < 1.29 is 15.0 Å².